The van der Waals surface area contributed by atoms with Gasteiger partial charge in [-0.25, -0.2) is 4.79 Å². The normalized spacial score (nSPS) is 33.6. The molecule has 1 fully saturated rings. The second-order valence-corrected chi connectivity index (χ2v) is 8.59. The maximum absolute atomic E-state index is 12.5. The van der Waals surface area contributed by atoms with Crippen molar-refractivity contribution in [1.29, 1.82) is 0 Å². The van der Waals surface area contributed by atoms with Crippen LogP contribution in [0.2, 0.25) is 0 Å². The van der Waals surface area contributed by atoms with E-state index in [2.05, 4.69) is 50.1 Å². The zero-order chi connectivity index (χ0) is 16.7. The molecule has 0 aromatic heterocycles. The molecule has 2 aliphatic heterocycles. The minimum absolute atomic E-state index is 0.0641. The summed E-state index contributed by atoms with van der Waals surface area (Å²) >= 11 is 0. The van der Waals surface area contributed by atoms with E-state index in [4.69, 9.17) is 4.74 Å². The number of allylic oxidation sites excluding steroid dienone is 1. The Labute approximate surface area is 139 Å². The number of carbonyl (C=O) groups excluding carboxylic acids is 1. The largest absolute Gasteiger partial charge is 0.431 e. The minimum atomic E-state index is -0.175. The molecule has 1 aliphatic carbocycles. The Bertz CT molecular complexity index is 505. The zero-order valence-corrected chi connectivity index (χ0v) is 14.8. The van der Waals surface area contributed by atoms with Crippen molar-refractivity contribution in [3.63, 3.8) is 0 Å². The molecule has 0 saturated carbocycles. The lowest BCUT2D eigenvalue weighted by molar-refractivity contribution is -0.149. The van der Waals surface area contributed by atoms with Gasteiger partial charge >= 0.3 is 5.97 Å². The van der Waals surface area contributed by atoms with E-state index in [9.17, 15) is 4.79 Å². The number of nitrogens with zero attached hydrogens (tertiary/aromatic N) is 1. The number of hydrogen-bond acceptors (Lipinski definition) is 4. The van der Waals surface area contributed by atoms with Gasteiger partial charge in [0.15, 0.2) is 0 Å². The molecule has 2 atom stereocenters. The van der Waals surface area contributed by atoms with Crippen LogP contribution in [-0.2, 0) is 9.53 Å². The van der Waals surface area contributed by atoms with E-state index in [-0.39, 0.29) is 29.0 Å². The Balaban J connectivity index is 1.87. The van der Waals surface area contributed by atoms with Crippen molar-refractivity contribution in [3.8, 4) is 0 Å². The van der Waals surface area contributed by atoms with E-state index in [0.29, 0.717) is 6.04 Å². The number of carbonyl (C=O) groups is 1. The highest BCUT2D eigenvalue weighted by atomic mass is 16.5. The summed E-state index contributed by atoms with van der Waals surface area (Å²) in [6.07, 6.45) is 13.4. The number of esters is 1. The van der Waals surface area contributed by atoms with Crippen LogP contribution in [0.5, 0.6) is 0 Å². The fraction of sp³-hybridized carbons (Fsp3) is 0.737. The first-order valence-corrected chi connectivity index (χ1v) is 8.88. The fourth-order valence-electron chi connectivity index (χ4n) is 4.78. The molecule has 23 heavy (non-hydrogen) atoms. The molecule has 0 aromatic rings. The lowest BCUT2D eigenvalue weighted by atomic mass is 9.77. The third-order valence-electron chi connectivity index (χ3n) is 5.27. The maximum atomic E-state index is 12.5. The van der Waals surface area contributed by atoms with Gasteiger partial charge in [0, 0.05) is 29.2 Å². The van der Waals surface area contributed by atoms with Crippen molar-refractivity contribution in [2.75, 3.05) is 0 Å². The summed E-state index contributed by atoms with van der Waals surface area (Å²) in [5.74, 6) is 0.167. The summed E-state index contributed by atoms with van der Waals surface area (Å²) in [6.45, 7) is 9.01. The number of ether oxygens (including phenoxy) is 1. The predicted molar refractivity (Wildman–Crippen MR) is 91.7 cm³/mol. The number of rotatable bonds is 2. The molecule has 3 rings (SSSR count). The number of hydrogen-bond donors (Lipinski definition) is 1. The molecule has 1 N–H and O–H groups in total. The van der Waals surface area contributed by atoms with Gasteiger partial charge in [0.2, 0.25) is 0 Å². The Hall–Kier alpha value is -1.29. The SMILES string of the molecule is CC1(C)CC(N2C=COC(=O)C2C2C=CCCC2)CC(C)(C)N1. The Morgan fingerprint density at radius 1 is 1.22 bits per heavy atom. The number of nitrogens with one attached hydrogen (secondary N) is 1. The number of cyclic esters (lactones) is 1. The maximum Gasteiger partial charge on any atom is 0.334 e. The molecule has 128 valence electrons. The molecule has 0 amide bonds. The zero-order valence-electron chi connectivity index (χ0n) is 14.8. The monoisotopic (exact) mass is 318 g/mol. The second-order valence-electron chi connectivity index (χ2n) is 8.59. The summed E-state index contributed by atoms with van der Waals surface area (Å²) in [4.78, 5) is 14.8. The summed E-state index contributed by atoms with van der Waals surface area (Å²) in [7, 11) is 0. The summed E-state index contributed by atoms with van der Waals surface area (Å²) in [5.41, 5.74) is 0.128. The summed E-state index contributed by atoms with van der Waals surface area (Å²) < 4.78 is 5.26. The molecule has 2 heterocycles. The highest BCUT2D eigenvalue weighted by Gasteiger charge is 2.44. The highest BCUT2D eigenvalue weighted by molar-refractivity contribution is 5.78. The molecular weight excluding hydrogens is 288 g/mol. The molecule has 2 unspecified atom stereocenters. The van der Waals surface area contributed by atoms with Crippen molar-refractivity contribution in [3.05, 3.63) is 24.6 Å². The quantitative estimate of drug-likeness (QED) is 0.626. The third-order valence-corrected chi connectivity index (χ3v) is 5.27. The first-order chi connectivity index (χ1) is 10.8. The van der Waals surface area contributed by atoms with Crippen LogP contribution >= 0.6 is 0 Å². The Morgan fingerprint density at radius 3 is 2.52 bits per heavy atom. The molecule has 1 saturated heterocycles. The summed E-state index contributed by atoms with van der Waals surface area (Å²) in [6, 6.07) is 0.178. The smallest absolute Gasteiger partial charge is 0.334 e. The van der Waals surface area contributed by atoms with Gasteiger partial charge in [-0.1, -0.05) is 12.2 Å². The fourth-order valence-corrected chi connectivity index (χ4v) is 4.78. The Morgan fingerprint density at radius 2 is 1.91 bits per heavy atom. The van der Waals surface area contributed by atoms with Crippen LogP contribution in [0.15, 0.2) is 24.6 Å². The van der Waals surface area contributed by atoms with Gasteiger partial charge in [-0.15, -0.1) is 0 Å². The van der Waals surface area contributed by atoms with E-state index < -0.39 is 0 Å². The molecule has 0 spiro atoms. The average molecular weight is 318 g/mol. The topological polar surface area (TPSA) is 41.6 Å². The van der Waals surface area contributed by atoms with Gasteiger partial charge in [-0.2, -0.15) is 0 Å². The molecule has 4 heteroatoms. The van der Waals surface area contributed by atoms with Crippen LogP contribution in [0.1, 0.15) is 59.8 Å². The van der Waals surface area contributed by atoms with E-state index in [1.807, 2.05) is 6.20 Å². The van der Waals surface area contributed by atoms with Gasteiger partial charge < -0.3 is 15.0 Å². The third kappa shape index (κ3) is 3.63. The summed E-state index contributed by atoms with van der Waals surface area (Å²) in [5, 5.41) is 3.73. The van der Waals surface area contributed by atoms with Crippen molar-refractivity contribution >= 4 is 5.97 Å². The average Bonchev–Trinajstić information content (AvgIpc) is 2.44. The predicted octanol–water partition coefficient (Wildman–Crippen LogP) is 3.35. The first-order valence-electron chi connectivity index (χ1n) is 8.88. The van der Waals surface area contributed by atoms with Gasteiger partial charge in [0.25, 0.3) is 0 Å². The van der Waals surface area contributed by atoms with E-state index in [1.165, 1.54) is 0 Å². The molecule has 4 nitrogen and oxygen atoms in total. The van der Waals surface area contributed by atoms with E-state index in [1.54, 1.807) is 6.26 Å². The van der Waals surface area contributed by atoms with E-state index >= 15 is 0 Å². The second kappa shape index (κ2) is 5.97. The van der Waals surface area contributed by atoms with Crippen molar-refractivity contribution in [2.24, 2.45) is 5.92 Å². The lowest BCUT2D eigenvalue weighted by Crippen LogP contribution is -2.64. The first kappa shape index (κ1) is 16.6. The molecular formula is C19H30N2O2. The molecule has 3 aliphatic rings. The van der Waals surface area contributed by atoms with Crippen molar-refractivity contribution < 1.29 is 9.53 Å². The van der Waals surface area contributed by atoms with Crippen molar-refractivity contribution in [1.82, 2.24) is 10.2 Å². The van der Waals surface area contributed by atoms with Crippen LogP contribution in [-0.4, -0.2) is 34.0 Å². The minimum Gasteiger partial charge on any atom is -0.431 e. The Kier molecular flexibility index (Phi) is 4.30. The standard InChI is InChI=1S/C19H30N2O2/c1-18(2)12-15(13-19(3,4)20-18)21-10-11-23-17(22)16(21)14-8-6-5-7-9-14/h6,8,10-11,14-16,20H,5,7,9,12-13H2,1-4H3. The van der Waals surface area contributed by atoms with Crippen molar-refractivity contribution in [2.45, 2.75) is 83.0 Å². The lowest BCUT2D eigenvalue weighted by Gasteiger charge is -2.52. The highest BCUT2D eigenvalue weighted by Crippen LogP contribution is 2.36. The number of piperidine rings is 1. The molecule has 0 bridgehead atoms. The van der Waals surface area contributed by atoms with Gasteiger partial charge in [0.05, 0.1) is 0 Å². The molecule has 0 aromatic carbocycles. The van der Waals surface area contributed by atoms with Crippen LogP contribution in [0, 0.1) is 5.92 Å². The van der Waals surface area contributed by atoms with Crippen LogP contribution < -0.4 is 5.32 Å². The van der Waals surface area contributed by atoms with E-state index in [0.717, 1.165) is 32.1 Å². The van der Waals surface area contributed by atoms with Crippen LogP contribution in [0.25, 0.3) is 0 Å². The van der Waals surface area contributed by atoms with Crippen LogP contribution in [0.3, 0.4) is 0 Å². The van der Waals surface area contributed by atoms with Gasteiger partial charge in [-0.3, -0.25) is 0 Å². The van der Waals surface area contributed by atoms with Gasteiger partial charge in [0.1, 0.15) is 12.3 Å². The van der Waals surface area contributed by atoms with Gasteiger partial charge in [-0.05, 0) is 59.8 Å². The molecule has 0 radical (unpaired) electrons. The van der Waals surface area contributed by atoms with Crippen LogP contribution in [0.4, 0.5) is 0 Å².